The molecular weight excluding hydrogens is 564 g/mol. The van der Waals surface area contributed by atoms with E-state index < -0.39 is 17.9 Å². The predicted molar refractivity (Wildman–Crippen MR) is 152 cm³/mol. The second-order valence-corrected chi connectivity index (χ2v) is 10.0. The number of carbonyl (C=O) groups is 2. The molecule has 1 aliphatic rings. The second kappa shape index (κ2) is 13.5. The van der Waals surface area contributed by atoms with E-state index in [2.05, 4.69) is 20.7 Å². The molecule has 2 aromatic heterocycles. The maximum Gasteiger partial charge on any atom is 0.250 e. The number of halogens is 1. The molecule has 1 N–H and O–H groups in total. The summed E-state index contributed by atoms with van der Waals surface area (Å²) in [5, 5.41) is 16.0. The Kier molecular flexibility index (Phi) is 9.35. The lowest BCUT2D eigenvalue weighted by atomic mass is 10.1. The number of hydrogen-bond donors (Lipinski definition) is 1. The van der Waals surface area contributed by atoms with Crippen LogP contribution in [-0.4, -0.2) is 70.4 Å². The third-order valence-electron chi connectivity index (χ3n) is 6.89. The first kappa shape index (κ1) is 29.1. The maximum absolute atomic E-state index is 13.9. The Labute approximate surface area is 247 Å². The van der Waals surface area contributed by atoms with Crippen molar-refractivity contribution in [2.45, 2.75) is 38.1 Å². The van der Waals surface area contributed by atoms with Gasteiger partial charge in [0.1, 0.15) is 12.3 Å². The summed E-state index contributed by atoms with van der Waals surface area (Å²) in [7, 11) is 3.08. The van der Waals surface area contributed by atoms with Crippen molar-refractivity contribution in [2.24, 2.45) is 0 Å². The van der Waals surface area contributed by atoms with Gasteiger partial charge < -0.3 is 28.8 Å². The van der Waals surface area contributed by atoms with Gasteiger partial charge in [-0.2, -0.15) is 4.80 Å². The Morgan fingerprint density at radius 3 is 2.69 bits per heavy atom. The molecule has 2 amide bonds. The minimum absolute atomic E-state index is 0.0362. The minimum Gasteiger partial charge on any atom is -0.493 e. The van der Waals surface area contributed by atoms with Crippen molar-refractivity contribution in [2.75, 3.05) is 27.4 Å². The molecular formula is C29H31ClN6O6. The highest BCUT2D eigenvalue weighted by atomic mass is 35.5. The third kappa shape index (κ3) is 6.72. The molecule has 0 spiro atoms. The van der Waals surface area contributed by atoms with Crippen LogP contribution in [-0.2, 0) is 27.4 Å². The average molecular weight is 595 g/mol. The molecule has 0 aliphatic carbocycles. The van der Waals surface area contributed by atoms with Crippen molar-refractivity contribution < 1.29 is 28.2 Å². The van der Waals surface area contributed by atoms with Gasteiger partial charge in [0.05, 0.1) is 26.6 Å². The van der Waals surface area contributed by atoms with Gasteiger partial charge in [0.2, 0.25) is 11.7 Å². The van der Waals surface area contributed by atoms with Crippen molar-refractivity contribution in [3.8, 4) is 22.9 Å². The number of carbonyl (C=O) groups excluding carboxylic acids is 2. The molecule has 0 bridgehead atoms. The maximum atomic E-state index is 13.9. The van der Waals surface area contributed by atoms with Crippen molar-refractivity contribution in [3.05, 3.63) is 77.2 Å². The Morgan fingerprint density at radius 1 is 1.14 bits per heavy atom. The van der Waals surface area contributed by atoms with E-state index in [1.807, 2.05) is 6.07 Å². The van der Waals surface area contributed by atoms with E-state index in [0.29, 0.717) is 52.4 Å². The minimum atomic E-state index is -1.08. The number of hydrogen-bond acceptors (Lipinski definition) is 9. The Hall–Kier alpha value is -4.42. The number of nitrogens with one attached hydrogen (secondary N) is 1. The highest BCUT2D eigenvalue weighted by molar-refractivity contribution is 6.31. The Bertz CT molecular complexity index is 1500. The van der Waals surface area contributed by atoms with Gasteiger partial charge in [0.15, 0.2) is 17.5 Å². The van der Waals surface area contributed by atoms with Crippen LogP contribution in [0.2, 0.25) is 5.02 Å². The number of nitrogens with zero attached hydrogens (tertiary/aromatic N) is 5. The van der Waals surface area contributed by atoms with Crippen molar-refractivity contribution in [3.63, 3.8) is 0 Å². The van der Waals surface area contributed by atoms with Crippen LogP contribution in [0.3, 0.4) is 0 Å². The van der Waals surface area contributed by atoms with Crippen LogP contribution in [0.4, 0.5) is 0 Å². The van der Waals surface area contributed by atoms with Crippen LogP contribution in [0.15, 0.2) is 65.3 Å². The summed E-state index contributed by atoms with van der Waals surface area (Å²) in [5.74, 6) is 0.804. The predicted octanol–water partition coefficient (Wildman–Crippen LogP) is 3.67. The topological polar surface area (TPSA) is 134 Å². The normalized spacial score (nSPS) is 15.3. The molecule has 3 heterocycles. The lowest BCUT2D eigenvalue weighted by molar-refractivity contribution is -0.143. The SMILES string of the molecule is COc1ccc(-c2nnn(CC(=O)N(Cc3ccccc3Cl)[C@@H](C(=O)NC[C@H]3CCCO3)c3ccco3)n2)cc1OC. The summed E-state index contributed by atoms with van der Waals surface area (Å²) in [6.45, 7) is 0.731. The molecule has 1 fully saturated rings. The van der Waals surface area contributed by atoms with Gasteiger partial charge in [0.25, 0.3) is 5.91 Å². The van der Waals surface area contributed by atoms with Gasteiger partial charge in [-0.15, -0.1) is 10.2 Å². The fourth-order valence-electron chi connectivity index (χ4n) is 4.73. The fraction of sp³-hybridized carbons (Fsp3) is 0.345. The van der Waals surface area contributed by atoms with E-state index in [4.69, 9.17) is 30.2 Å². The second-order valence-electron chi connectivity index (χ2n) is 9.62. The summed E-state index contributed by atoms with van der Waals surface area (Å²) >= 11 is 6.47. The summed E-state index contributed by atoms with van der Waals surface area (Å²) in [6, 6.07) is 14.6. The number of ether oxygens (including phenoxy) is 3. The number of rotatable bonds is 12. The van der Waals surface area contributed by atoms with E-state index in [9.17, 15) is 9.59 Å². The molecule has 1 saturated heterocycles. The standard InChI is InChI=1S/C29H31ClN6O6/c1-39-23-12-11-19(15-25(23)40-2)28-32-34-36(33-28)18-26(37)35(17-20-7-3-4-9-22(20)30)27(24-10-6-14-42-24)29(38)31-16-21-8-5-13-41-21/h3-4,6-7,9-12,14-15,21,27H,5,8,13,16-18H2,1-2H3,(H,31,38)/t21-,27-/m1/s1. The summed E-state index contributed by atoms with van der Waals surface area (Å²) < 4.78 is 22.0. The van der Waals surface area contributed by atoms with Crippen molar-refractivity contribution in [1.29, 1.82) is 0 Å². The first-order valence-corrected chi connectivity index (χ1v) is 13.8. The van der Waals surface area contributed by atoms with Crippen molar-refractivity contribution >= 4 is 23.4 Å². The molecule has 2 atom stereocenters. The lowest BCUT2D eigenvalue weighted by Gasteiger charge is -2.30. The molecule has 5 rings (SSSR count). The molecule has 42 heavy (non-hydrogen) atoms. The van der Waals surface area contributed by atoms with E-state index in [1.54, 1.807) is 55.6 Å². The zero-order chi connectivity index (χ0) is 29.5. The zero-order valence-corrected chi connectivity index (χ0v) is 24.0. The summed E-state index contributed by atoms with van der Waals surface area (Å²) in [5.41, 5.74) is 1.29. The summed E-state index contributed by atoms with van der Waals surface area (Å²) in [6.07, 6.45) is 3.18. The van der Waals surface area contributed by atoms with Gasteiger partial charge in [0, 0.05) is 30.3 Å². The van der Waals surface area contributed by atoms with Gasteiger partial charge in [-0.25, -0.2) is 0 Å². The number of tetrazole rings is 1. The molecule has 13 heteroatoms. The molecule has 4 aromatic rings. The van der Waals surface area contributed by atoms with E-state index in [1.165, 1.54) is 23.1 Å². The highest BCUT2D eigenvalue weighted by Gasteiger charge is 2.35. The molecule has 0 unspecified atom stereocenters. The number of aromatic nitrogens is 4. The number of benzene rings is 2. The zero-order valence-electron chi connectivity index (χ0n) is 23.2. The quantitative estimate of drug-likeness (QED) is 0.261. The Morgan fingerprint density at radius 2 is 1.98 bits per heavy atom. The molecule has 220 valence electrons. The Balaban J connectivity index is 1.42. The lowest BCUT2D eigenvalue weighted by Crippen LogP contribution is -2.46. The number of furan rings is 1. The smallest absolute Gasteiger partial charge is 0.250 e. The van der Waals surface area contributed by atoms with Crippen LogP contribution < -0.4 is 14.8 Å². The van der Waals surface area contributed by atoms with E-state index >= 15 is 0 Å². The first-order chi connectivity index (χ1) is 20.5. The van der Waals surface area contributed by atoms with Crippen molar-refractivity contribution in [1.82, 2.24) is 30.4 Å². The van der Waals surface area contributed by atoms with Crippen LogP contribution in [0, 0.1) is 0 Å². The molecule has 0 radical (unpaired) electrons. The van der Waals surface area contributed by atoms with Gasteiger partial charge in [-0.3, -0.25) is 9.59 Å². The highest BCUT2D eigenvalue weighted by Crippen LogP contribution is 2.31. The van der Waals surface area contributed by atoms with E-state index in [-0.39, 0.29) is 19.2 Å². The number of amides is 2. The van der Waals surface area contributed by atoms with Crippen LogP contribution in [0.5, 0.6) is 11.5 Å². The molecule has 2 aromatic carbocycles. The van der Waals surface area contributed by atoms with Crippen LogP contribution >= 0.6 is 11.6 Å². The van der Waals surface area contributed by atoms with Gasteiger partial charge in [-0.1, -0.05) is 29.8 Å². The molecule has 1 aliphatic heterocycles. The summed E-state index contributed by atoms with van der Waals surface area (Å²) in [4.78, 5) is 30.2. The fourth-order valence-corrected chi connectivity index (χ4v) is 4.93. The molecule has 0 saturated carbocycles. The van der Waals surface area contributed by atoms with Crippen LogP contribution in [0.25, 0.3) is 11.4 Å². The average Bonchev–Trinajstić information content (AvgIpc) is 3.80. The molecule has 12 nitrogen and oxygen atoms in total. The number of methoxy groups -OCH3 is 2. The van der Waals surface area contributed by atoms with Gasteiger partial charge >= 0.3 is 0 Å². The first-order valence-electron chi connectivity index (χ1n) is 13.4. The third-order valence-corrected chi connectivity index (χ3v) is 7.26. The van der Waals surface area contributed by atoms with E-state index in [0.717, 1.165) is 12.8 Å². The van der Waals surface area contributed by atoms with Gasteiger partial charge in [-0.05, 0) is 60.0 Å². The largest absolute Gasteiger partial charge is 0.493 e. The monoisotopic (exact) mass is 594 g/mol. The van der Waals surface area contributed by atoms with Crippen LogP contribution in [0.1, 0.15) is 30.2 Å².